The third-order valence-electron chi connectivity index (χ3n) is 4.87. The molecule has 0 aliphatic rings. The molecular weight excluding hydrogens is 400 g/mol. The summed E-state index contributed by atoms with van der Waals surface area (Å²) in [5, 5.41) is 14.2. The fourth-order valence-electron chi connectivity index (χ4n) is 3.44. The van der Waals surface area contributed by atoms with Crippen LogP contribution in [0.3, 0.4) is 0 Å². The van der Waals surface area contributed by atoms with Crippen molar-refractivity contribution in [2.45, 2.75) is 6.42 Å². The average Bonchev–Trinajstić information content (AvgIpc) is 3.25. The van der Waals surface area contributed by atoms with Crippen LogP contribution >= 0.6 is 0 Å². The fraction of sp³-hybridized carbons (Fsp3) is 0.0833. The van der Waals surface area contributed by atoms with Crippen LogP contribution < -0.4 is 5.73 Å². The van der Waals surface area contributed by atoms with Crippen LogP contribution in [0.5, 0.6) is 0 Å². The van der Waals surface area contributed by atoms with Gasteiger partial charge in [0, 0.05) is 37.1 Å². The normalized spacial score (nSPS) is 11.7. The number of pyridine rings is 1. The maximum Gasteiger partial charge on any atom is 0.150 e. The van der Waals surface area contributed by atoms with Crippen LogP contribution in [0.2, 0.25) is 0 Å². The van der Waals surface area contributed by atoms with E-state index in [2.05, 4.69) is 32.7 Å². The van der Waals surface area contributed by atoms with Gasteiger partial charge in [-0.05, 0) is 43.1 Å². The largest absolute Gasteiger partial charge is 0.382 e. The van der Waals surface area contributed by atoms with Crippen molar-refractivity contribution in [1.29, 1.82) is 5.26 Å². The minimum Gasteiger partial charge on any atom is -0.382 e. The van der Waals surface area contributed by atoms with Crippen molar-refractivity contribution in [2.75, 3.05) is 12.8 Å². The molecule has 0 spiro atoms. The number of nitrogen functional groups attached to an aromatic ring is 1. The molecule has 0 unspecified atom stereocenters. The molecule has 0 aliphatic carbocycles. The van der Waals surface area contributed by atoms with Crippen molar-refractivity contribution >= 4 is 23.8 Å². The summed E-state index contributed by atoms with van der Waals surface area (Å²) < 4.78 is 1.74. The minimum absolute atomic E-state index is 0.326. The van der Waals surface area contributed by atoms with E-state index in [1.54, 1.807) is 48.2 Å². The van der Waals surface area contributed by atoms with Crippen molar-refractivity contribution in [2.24, 2.45) is 9.98 Å². The highest BCUT2D eigenvalue weighted by Gasteiger charge is 2.20. The molecule has 0 saturated heterocycles. The van der Waals surface area contributed by atoms with Gasteiger partial charge in [0.05, 0.1) is 23.0 Å². The number of nitrogens with zero attached hydrogens (tertiary/aromatic N) is 7. The summed E-state index contributed by atoms with van der Waals surface area (Å²) in [6, 6.07) is 17.0. The predicted molar refractivity (Wildman–Crippen MR) is 126 cm³/mol. The van der Waals surface area contributed by atoms with Crippen LogP contribution in [-0.4, -0.2) is 39.1 Å². The van der Waals surface area contributed by atoms with E-state index in [1.807, 2.05) is 30.3 Å². The van der Waals surface area contributed by atoms with Gasteiger partial charge < -0.3 is 5.73 Å². The first-order valence-corrected chi connectivity index (χ1v) is 9.82. The lowest BCUT2D eigenvalue weighted by atomic mass is 10.0. The summed E-state index contributed by atoms with van der Waals surface area (Å²) in [4.78, 5) is 17.3. The topological polar surface area (TPSA) is 118 Å². The van der Waals surface area contributed by atoms with Gasteiger partial charge in [0.1, 0.15) is 22.7 Å². The Morgan fingerprint density at radius 2 is 2.09 bits per heavy atom. The first-order chi connectivity index (χ1) is 15.6. The zero-order valence-electron chi connectivity index (χ0n) is 17.5. The molecule has 32 heavy (non-hydrogen) atoms. The summed E-state index contributed by atoms with van der Waals surface area (Å²) in [5.41, 5.74) is 11.7. The Kier molecular flexibility index (Phi) is 5.81. The standard InChI is InChI=1S/C24H20N8/c1-27-11-9-20(28-2)23-22(17-7-5-6-16(12-17)15-25)30-24(26)21-14-19(31-32(21)23)13-18-8-3-4-10-29-18/h3-12,14H,1,13H2,2H3,(H2,26,30)/b11-9-,28-20?. The van der Waals surface area contributed by atoms with E-state index in [-0.39, 0.29) is 0 Å². The molecule has 156 valence electrons. The molecule has 1 aromatic carbocycles. The van der Waals surface area contributed by atoms with E-state index in [9.17, 15) is 5.26 Å². The van der Waals surface area contributed by atoms with Gasteiger partial charge >= 0.3 is 0 Å². The molecule has 0 radical (unpaired) electrons. The molecule has 4 aromatic rings. The fourth-order valence-corrected chi connectivity index (χ4v) is 3.44. The van der Waals surface area contributed by atoms with Crippen molar-refractivity contribution in [3.63, 3.8) is 0 Å². The Morgan fingerprint density at radius 3 is 2.81 bits per heavy atom. The second-order valence-electron chi connectivity index (χ2n) is 6.92. The molecular formula is C24H20N8. The smallest absolute Gasteiger partial charge is 0.150 e. The zero-order chi connectivity index (χ0) is 22.5. The van der Waals surface area contributed by atoms with Gasteiger partial charge in [-0.3, -0.25) is 15.0 Å². The molecule has 3 heterocycles. The second kappa shape index (κ2) is 9.02. The molecule has 4 rings (SSSR count). The van der Waals surface area contributed by atoms with Crippen molar-refractivity contribution in [3.05, 3.63) is 89.6 Å². The quantitative estimate of drug-likeness (QED) is 0.479. The number of nitrogens with two attached hydrogens (primary N) is 1. The van der Waals surface area contributed by atoms with Crippen LogP contribution in [-0.2, 0) is 6.42 Å². The highest BCUT2D eigenvalue weighted by Crippen LogP contribution is 2.28. The van der Waals surface area contributed by atoms with Gasteiger partial charge in [-0.15, -0.1) is 0 Å². The number of hydrogen-bond donors (Lipinski definition) is 1. The van der Waals surface area contributed by atoms with Gasteiger partial charge in [-0.25, -0.2) is 9.50 Å². The zero-order valence-corrected chi connectivity index (χ0v) is 17.5. The van der Waals surface area contributed by atoms with E-state index in [4.69, 9.17) is 10.8 Å². The molecule has 0 saturated carbocycles. The SMILES string of the molecule is C=N/C=C\C(=NC)c1c(-c2cccc(C#N)c2)nc(N)c2cc(Cc3ccccn3)nn12. The summed E-state index contributed by atoms with van der Waals surface area (Å²) in [6.45, 7) is 3.50. The van der Waals surface area contributed by atoms with Crippen LogP contribution in [0.1, 0.15) is 22.6 Å². The number of rotatable bonds is 6. The maximum atomic E-state index is 9.35. The molecule has 2 N–H and O–H groups in total. The first kappa shape index (κ1) is 20.6. The highest BCUT2D eigenvalue weighted by atomic mass is 15.3. The minimum atomic E-state index is 0.326. The van der Waals surface area contributed by atoms with Crippen molar-refractivity contribution in [3.8, 4) is 17.3 Å². The molecule has 0 atom stereocenters. The van der Waals surface area contributed by atoms with Crippen LogP contribution in [0.4, 0.5) is 5.82 Å². The van der Waals surface area contributed by atoms with Crippen LogP contribution in [0.15, 0.2) is 77.0 Å². The lowest BCUT2D eigenvalue weighted by Crippen LogP contribution is -2.13. The molecule has 0 bridgehead atoms. The monoisotopic (exact) mass is 420 g/mol. The Bertz CT molecular complexity index is 1390. The Labute approximate surface area is 185 Å². The third-order valence-corrected chi connectivity index (χ3v) is 4.87. The third kappa shape index (κ3) is 4.00. The molecule has 0 amide bonds. The number of nitriles is 1. The van der Waals surface area contributed by atoms with Gasteiger partial charge in [-0.2, -0.15) is 10.4 Å². The molecule has 0 fully saturated rings. The van der Waals surface area contributed by atoms with E-state index < -0.39 is 0 Å². The summed E-state index contributed by atoms with van der Waals surface area (Å²) in [7, 11) is 1.68. The molecule has 8 heteroatoms. The number of allylic oxidation sites excluding steroid dienone is 1. The first-order valence-electron chi connectivity index (χ1n) is 9.82. The summed E-state index contributed by atoms with van der Waals surface area (Å²) in [6.07, 6.45) is 5.58. The van der Waals surface area contributed by atoms with Gasteiger partial charge in [0.15, 0.2) is 0 Å². The number of aromatic nitrogens is 4. The lowest BCUT2D eigenvalue weighted by Gasteiger charge is -2.13. The number of fused-ring (bicyclic) bond motifs is 1. The van der Waals surface area contributed by atoms with E-state index in [0.29, 0.717) is 40.4 Å². The van der Waals surface area contributed by atoms with Crippen molar-refractivity contribution < 1.29 is 0 Å². The summed E-state index contributed by atoms with van der Waals surface area (Å²) >= 11 is 0. The van der Waals surface area contributed by atoms with E-state index >= 15 is 0 Å². The number of benzene rings is 1. The van der Waals surface area contributed by atoms with Gasteiger partial charge in [0.25, 0.3) is 0 Å². The number of anilines is 1. The Morgan fingerprint density at radius 1 is 1.22 bits per heavy atom. The molecule has 3 aromatic heterocycles. The number of aliphatic imine (C=N–C) groups is 2. The predicted octanol–water partition coefficient (Wildman–Crippen LogP) is 3.47. The van der Waals surface area contributed by atoms with Crippen LogP contribution in [0, 0.1) is 11.3 Å². The van der Waals surface area contributed by atoms with E-state index in [1.165, 1.54) is 0 Å². The Balaban J connectivity index is 1.98. The van der Waals surface area contributed by atoms with E-state index in [0.717, 1.165) is 17.0 Å². The van der Waals surface area contributed by atoms with Gasteiger partial charge in [-0.1, -0.05) is 18.2 Å². The van der Waals surface area contributed by atoms with Gasteiger partial charge in [0.2, 0.25) is 0 Å². The van der Waals surface area contributed by atoms with Crippen molar-refractivity contribution in [1.82, 2.24) is 19.6 Å². The van der Waals surface area contributed by atoms with Crippen LogP contribution in [0.25, 0.3) is 16.8 Å². The molecule has 8 nitrogen and oxygen atoms in total. The Hall–Kier alpha value is -4.64. The molecule has 0 aliphatic heterocycles. The average molecular weight is 420 g/mol. The summed E-state index contributed by atoms with van der Waals surface area (Å²) in [5.74, 6) is 0.326. The highest BCUT2D eigenvalue weighted by molar-refractivity contribution is 6.11. The number of hydrogen-bond acceptors (Lipinski definition) is 7. The maximum absolute atomic E-state index is 9.35. The second-order valence-corrected chi connectivity index (χ2v) is 6.92. The lowest BCUT2D eigenvalue weighted by molar-refractivity contribution is 0.885.